The molecule has 0 fully saturated rings. The number of allylic oxidation sites excluding steroid dienone is 1. The number of hydrogen-bond donors (Lipinski definition) is 1. The fourth-order valence-corrected chi connectivity index (χ4v) is 3.04. The minimum absolute atomic E-state index is 0.0157. The van der Waals surface area contributed by atoms with E-state index < -0.39 is 36.0 Å². The van der Waals surface area contributed by atoms with E-state index in [4.69, 9.17) is 0 Å². The molecule has 0 saturated carbocycles. The van der Waals surface area contributed by atoms with Gasteiger partial charge in [0.1, 0.15) is 23.9 Å². The van der Waals surface area contributed by atoms with Crippen LogP contribution in [-0.4, -0.2) is 40.7 Å². The number of nitrogens with one attached hydrogen (secondary N) is 1. The largest absolute Gasteiger partial charge is 0.351 e. The predicted molar refractivity (Wildman–Crippen MR) is 105 cm³/mol. The summed E-state index contributed by atoms with van der Waals surface area (Å²) in [6, 6.07) is 10.5. The van der Waals surface area contributed by atoms with Crippen LogP contribution in [-0.2, 0) is 16.1 Å². The van der Waals surface area contributed by atoms with Crippen LogP contribution in [0.15, 0.2) is 64.7 Å². The lowest BCUT2D eigenvalue weighted by Crippen LogP contribution is -2.50. The van der Waals surface area contributed by atoms with Gasteiger partial charge in [-0.25, -0.2) is 23.5 Å². The van der Waals surface area contributed by atoms with Gasteiger partial charge in [-0.15, -0.1) is 0 Å². The first-order valence-corrected chi connectivity index (χ1v) is 8.93. The van der Waals surface area contributed by atoms with Gasteiger partial charge in [0.2, 0.25) is 5.91 Å². The van der Waals surface area contributed by atoms with Crippen molar-refractivity contribution in [1.29, 1.82) is 0 Å². The molecule has 0 aromatic heterocycles. The lowest BCUT2D eigenvalue weighted by Gasteiger charge is -2.23. The molecule has 7 nitrogen and oxygen atoms in total. The van der Waals surface area contributed by atoms with E-state index in [2.05, 4.69) is 15.3 Å². The second-order valence-electron chi connectivity index (χ2n) is 6.54. The number of fused-ring (bicyclic) bond motifs is 1. The van der Waals surface area contributed by atoms with Crippen molar-refractivity contribution in [1.82, 2.24) is 10.2 Å². The number of aliphatic imine (C=N–C) groups is 2. The molecule has 2 aromatic carbocycles. The molecule has 0 atom stereocenters. The summed E-state index contributed by atoms with van der Waals surface area (Å²) in [5.41, 5.74) is 0.906. The lowest BCUT2D eigenvalue weighted by atomic mass is 9.99. The van der Waals surface area contributed by atoms with Gasteiger partial charge >= 0.3 is 6.03 Å². The molecule has 0 bridgehead atoms. The molecule has 4 rings (SSSR count). The fraction of sp³-hybridized carbons (Fsp3) is 0.0952. The number of amides is 4. The molecule has 0 unspecified atom stereocenters. The number of carbonyl (C=O) groups is 3. The van der Waals surface area contributed by atoms with Crippen molar-refractivity contribution in [2.24, 2.45) is 9.98 Å². The van der Waals surface area contributed by atoms with Crippen molar-refractivity contribution in [3.05, 3.63) is 77.5 Å². The zero-order valence-corrected chi connectivity index (χ0v) is 15.4. The molecule has 2 aromatic rings. The maximum atomic E-state index is 14.1. The number of hydrogen-bond acceptors (Lipinski definition) is 4. The van der Waals surface area contributed by atoms with Gasteiger partial charge in [-0.3, -0.25) is 9.59 Å². The Labute approximate surface area is 169 Å². The molecule has 2 heterocycles. The molecule has 0 spiro atoms. The van der Waals surface area contributed by atoms with Gasteiger partial charge in [0.25, 0.3) is 5.91 Å². The number of urea groups is 1. The van der Waals surface area contributed by atoms with Crippen LogP contribution in [0.2, 0.25) is 0 Å². The normalized spacial score (nSPS) is 15.4. The van der Waals surface area contributed by atoms with E-state index in [0.29, 0.717) is 10.5 Å². The van der Waals surface area contributed by atoms with Crippen LogP contribution in [0, 0.1) is 11.6 Å². The average Bonchev–Trinajstić information content (AvgIpc) is 3.14. The number of rotatable bonds is 5. The smallest absolute Gasteiger partial charge is 0.350 e. The van der Waals surface area contributed by atoms with Crippen molar-refractivity contribution in [2.75, 3.05) is 6.54 Å². The van der Waals surface area contributed by atoms with Gasteiger partial charge in [-0.1, -0.05) is 30.3 Å². The number of benzene rings is 2. The Kier molecular flexibility index (Phi) is 5.01. The van der Waals surface area contributed by atoms with Crippen molar-refractivity contribution in [3.8, 4) is 0 Å². The molecular weight excluding hydrogens is 394 g/mol. The molecule has 2 aliphatic heterocycles. The summed E-state index contributed by atoms with van der Waals surface area (Å²) < 4.78 is 27.0. The van der Waals surface area contributed by atoms with Crippen molar-refractivity contribution < 1.29 is 23.2 Å². The molecule has 9 heteroatoms. The first kappa shape index (κ1) is 19.3. The summed E-state index contributed by atoms with van der Waals surface area (Å²) in [6.45, 7) is -0.451. The predicted octanol–water partition coefficient (Wildman–Crippen LogP) is 2.48. The maximum Gasteiger partial charge on any atom is 0.351 e. The fourth-order valence-electron chi connectivity index (χ4n) is 3.04. The highest BCUT2D eigenvalue weighted by Gasteiger charge is 2.39. The molecule has 2 aliphatic rings. The Morgan fingerprint density at radius 3 is 2.47 bits per heavy atom. The topological polar surface area (TPSA) is 91.2 Å². The molecular formula is C21H14F2N4O3. The number of halogens is 2. The Hall–Kier alpha value is -4.01. The Morgan fingerprint density at radius 2 is 1.73 bits per heavy atom. The quantitative estimate of drug-likeness (QED) is 0.824. The van der Waals surface area contributed by atoms with Crippen LogP contribution >= 0.6 is 0 Å². The lowest BCUT2D eigenvalue weighted by molar-refractivity contribution is -0.128. The number of imide groups is 1. The summed E-state index contributed by atoms with van der Waals surface area (Å²) in [5, 5.41) is 2.55. The average molecular weight is 408 g/mol. The molecule has 30 heavy (non-hydrogen) atoms. The Bertz CT molecular complexity index is 1150. The highest BCUT2D eigenvalue weighted by Crippen LogP contribution is 2.27. The van der Waals surface area contributed by atoms with Crippen LogP contribution in [0.3, 0.4) is 0 Å². The highest BCUT2D eigenvalue weighted by atomic mass is 19.1. The van der Waals surface area contributed by atoms with Crippen LogP contribution in [0.25, 0.3) is 5.57 Å². The summed E-state index contributed by atoms with van der Waals surface area (Å²) in [6.07, 6.45) is 1.27. The van der Waals surface area contributed by atoms with E-state index in [-0.39, 0.29) is 29.1 Å². The summed E-state index contributed by atoms with van der Waals surface area (Å²) >= 11 is 0. The molecule has 0 saturated heterocycles. The minimum Gasteiger partial charge on any atom is -0.350 e. The van der Waals surface area contributed by atoms with Crippen LogP contribution in [0.5, 0.6) is 0 Å². The van der Waals surface area contributed by atoms with Gasteiger partial charge in [0, 0.05) is 23.9 Å². The van der Waals surface area contributed by atoms with Crippen LogP contribution < -0.4 is 5.32 Å². The van der Waals surface area contributed by atoms with E-state index in [0.717, 1.165) is 0 Å². The summed E-state index contributed by atoms with van der Waals surface area (Å²) in [7, 11) is 0. The summed E-state index contributed by atoms with van der Waals surface area (Å²) in [5.74, 6) is -2.32. The Morgan fingerprint density at radius 1 is 1.00 bits per heavy atom. The second kappa shape index (κ2) is 7.78. The standard InChI is InChI=1S/C21H14F2N4O3/c22-13-7-5-12(6-8-13)9-24-17(28)11-27-20(29)19-18(26-21(27)30)15(10-25-19)14-3-1-2-4-16(14)23/h1-8,10H,9,11H2,(H,24,28). The molecule has 0 radical (unpaired) electrons. The zero-order valence-electron chi connectivity index (χ0n) is 15.4. The highest BCUT2D eigenvalue weighted by molar-refractivity contribution is 6.78. The summed E-state index contributed by atoms with van der Waals surface area (Å²) in [4.78, 5) is 45.7. The minimum atomic E-state index is -0.935. The third-order valence-electron chi connectivity index (χ3n) is 4.56. The third kappa shape index (κ3) is 3.64. The van der Waals surface area contributed by atoms with Gasteiger partial charge in [-0.05, 0) is 23.8 Å². The van der Waals surface area contributed by atoms with Gasteiger partial charge in [0.15, 0.2) is 5.71 Å². The van der Waals surface area contributed by atoms with Crippen LogP contribution in [0.1, 0.15) is 11.1 Å². The third-order valence-corrected chi connectivity index (χ3v) is 4.56. The van der Waals surface area contributed by atoms with E-state index in [9.17, 15) is 23.2 Å². The van der Waals surface area contributed by atoms with Gasteiger partial charge in [0.05, 0.1) is 0 Å². The first-order chi connectivity index (χ1) is 14.4. The Balaban J connectivity index is 1.46. The van der Waals surface area contributed by atoms with Crippen molar-refractivity contribution in [3.63, 3.8) is 0 Å². The number of carbonyl (C=O) groups excluding carboxylic acids is 3. The van der Waals surface area contributed by atoms with Gasteiger partial charge < -0.3 is 5.32 Å². The van der Waals surface area contributed by atoms with Gasteiger partial charge in [-0.2, -0.15) is 4.99 Å². The van der Waals surface area contributed by atoms with E-state index in [1.165, 1.54) is 48.7 Å². The molecule has 0 aliphatic carbocycles. The molecule has 1 N–H and O–H groups in total. The van der Waals surface area contributed by atoms with E-state index >= 15 is 0 Å². The SMILES string of the molecule is O=C(CN1C(=O)N=C2C(c3ccccc3F)=CN=C2C1=O)NCc1ccc(F)cc1. The van der Waals surface area contributed by atoms with Crippen molar-refractivity contribution >= 4 is 34.8 Å². The zero-order chi connectivity index (χ0) is 21.3. The van der Waals surface area contributed by atoms with Crippen LogP contribution in [0.4, 0.5) is 13.6 Å². The maximum absolute atomic E-state index is 14.1. The van der Waals surface area contributed by atoms with E-state index in [1.54, 1.807) is 6.07 Å². The molecule has 4 amide bonds. The monoisotopic (exact) mass is 408 g/mol. The second-order valence-corrected chi connectivity index (χ2v) is 6.54. The molecule has 150 valence electrons. The van der Waals surface area contributed by atoms with Crippen molar-refractivity contribution in [2.45, 2.75) is 6.54 Å². The van der Waals surface area contributed by atoms with E-state index in [1.807, 2.05) is 0 Å². The number of nitrogens with zero attached hydrogens (tertiary/aromatic N) is 3. The first-order valence-electron chi connectivity index (χ1n) is 8.93.